The first-order valence-electron chi connectivity index (χ1n) is 7.66. The third kappa shape index (κ3) is 5.09. The first-order chi connectivity index (χ1) is 11.9. The van der Waals surface area contributed by atoms with Crippen LogP contribution in [0.5, 0.6) is 0 Å². The maximum atomic E-state index is 3.77. The molecule has 0 aliphatic heterocycles. The van der Waals surface area contributed by atoms with Crippen LogP contribution in [0, 0.1) is 0 Å². The molecule has 0 bridgehead atoms. The van der Waals surface area contributed by atoms with Crippen molar-refractivity contribution in [1.82, 2.24) is 20.6 Å². The molecule has 0 amide bonds. The number of rotatable bonds is 3. The van der Waals surface area contributed by atoms with Gasteiger partial charge in [0.25, 0.3) is 0 Å². The van der Waals surface area contributed by atoms with E-state index in [0.717, 1.165) is 5.56 Å². The second-order valence-electron chi connectivity index (χ2n) is 5.08. The third-order valence-corrected chi connectivity index (χ3v) is 8.91. The summed E-state index contributed by atoms with van der Waals surface area (Å²) < 4.78 is 3.16. The molecule has 0 aliphatic carbocycles. The summed E-state index contributed by atoms with van der Waals surface area (Å²) in [7, 11) is 0. The molecule has 0 fully saturated rings. The number of aromatic nitrogens is 4. The van der Waals surface area contributed by atoms with E-state index in [1.165, 1.54) is 0 Å². The minimum Gasteiger partial charge on any atom is -0.239 e. The fraction of sp³-hybridized carbons (Fsp3) is 0. The zero-order chi connectivity index (χ0) is 16.5. The van der Waals surface area contributed by atoms with Crippen molar-refractivity contribution in [3.63, 3.8) is 0 Å². The van der Waals surface area contributed by atoms with E-state index in [0.29, 0.717) is 5.82 Å². The van der Waals surface area contributed by atoms with Crippen molar-refractivity contribution in [3.8, 4) is 11.4 Å². The van der Waals surface area contributed by atoms with Crippen molar-refractivity contribution in [2.75, 3.05) is 0 Å². The summed E-state index contributed by atoms with van der Waals surface area (Å²) in [6.07, 6.45) is 0. The average molecular weight is 505 g/mol. The molecule has 3 aromatic carbocycles. The summed E-state index contributed by atoms with van der Waals surface area (Å²) >= 11 is -0.866. The first-order valence-corrected chi connectivity index (χ1v) is 12.1. The molecule has 0 saturated carbocycles. The third-order valence-electron chi connectivity index (χ3n) is 3.33. The Balaban J connectivity index is 0.000000143. The monoisotopic (exact) mass is 505 g/mol. The molecular formula is C19H16N4Tl. The molecule has 0 spiro atoms. The Hall–Kier alpha value is -2.35. The number of benzene rings is 3. The molecule has 115 valence electrons. The molecule has 0 saturated heterocycles. The van der Waals surface area contributed by atoms with Gasteiger partial charge in [0.2, 0.25) is 0 Å². The van der Waals surface area contributed by atoms with E-state index < -0.39 is 24.2 Å². The van der Waals surface area contributed by atoms with Gasteiger partial charge < -0.3 is 0 Å². The summed E-state index contributed by atoms with van der Waals surface area (Å²) in [5.74, 6) is 0.700. The minimum atomic E-state index is -0.866. The van der Waals surface area contributed by atoms with Gasteiger partial charge >= 0.3 is 91.1 Å². The first kappa shape index (κ1) is 16.5. The van der Waals surface area contributed by atoms with E-state index in [-0.39, 0.29) is 0 Å². The summed E-state index contributed by atoms with van der Waals surface area (Å²) in [5, 5.41) is 13.4. The van der Waals surface area contributed by atoms with E-state index >= 15 is 0 Å². The average Bonchev–Trinajstić information content (AvgIpc) is 3.20. The van der Waals surface area contributed by atoms with Crippen LogP contribution in [0.1, 0.15) is 0 Å². The van der Waals surface area contributed by atoms with Crippen LogP contribution >= 0.6 is 0 Å². The normalized spacial score (nSPS) is 9.50. The van der Waals surface area contributed by atoms with E-state index in [4.69, 9.17) is 0 Å². The van der Waals surface area contributed by atoms with Crippen LogP contribution in [0.2, 0.25) is 0 Å². The molecule has 4 nitrogen and oxygen atoms in total. The zero-order valence-electron chi connectivity index (χ0n) is 13.1. The molecule has 0 aliphatic rings. The van der Waals surface area contributed by atoms with Gasteiger partial charge in [0.1, 0.15) is 0 Å². The Labute approximate surface area is 153 Å². The van der Waals surface area contributed by atoms with Crippen molar-refractivity contribution in [2.45, 2.75) is 0 Å². The largest absolute Gasteiger partial charge is 0.239 e. The number of nitrogens with zero attached hydrogens (tertiary/aromatic N) is 3. The van der Waals surface area contributed by atoms with Gasteiger partial charge in [0.05, 0.1) is 0 Å². The Morgan fingerprint density at radius 2 is 1.12 bits per heavy atom. The van der Waals surface area contributed by atoms with Gasteiger partial charge in [0.15, 0.2) is 5.82 Å². The molecule has 0 unspecified atom stereocenters. The van der Waals surface area contributed by atoms with Gasteiger partial charge in [0, 0.05) is 5.56 Å². The van der Waals surface area contributed by atoms with E-state index in [1.807, 2.05) is 30.3 Å². The van der Waals surface area contributed by atoms with Crippen LogP contribution < -0.4 is 6.25 Å². The smallest absolute Gasteiger partial charge is 0.179 e. The molecule has 1 heterocycles. The quantitative estimate of drug-likeness (QED) is 0.436. The molecule has 1 aromatic heterocycles. The van der Waals surface area contributed by atoms with E-state index in [2.05, 4.69) is 81.3 Å². The van der Waals surface area contributed by atoms with E-state index in [1.54, 1.807) is 6.25 Å². The molecule has 0 radical (unpaired) electrons. The van der Waals surface area contributed by atoms with Crippen molar-refractivity contribution >= 4 is 30.5 Å². The Kier molecular flexibility index (Phi) is 6.24. The second-order valence-corrected chi connectivity index (χ2v) is 11.4. The molecule has 0 atom stereocenters. The summed E-state index contributed by atoms with van der Waals surface area (Å²) in [4.78, 5) is 0. The van der Waals surface area contributed by atoms with Crippen LogP contribution in [0.4, 0.5) is 0 Å². The van der Waals surface area contributed by atoms with Crippen molar-refractivity contribution in [3.05, 3.63) is 91.0 Å². The number of hydrogen-bond donors (Lipinski definition) is 1. The molecule has 4 aromatic rings. The predicted molar refractivity (Wildman–Crippen MR) is 97.5 cm³/mol. The van der Waals surface area contributed by atoms with Crippen LogP contribution in [-0.2, 0) is 0 Å². The van der Waals surface area contributed by atoms with E-state index in [9.17, 15) is 0 Å². The van der Waals surface area contributed by atoms with Crippen LogP contribution in [-0.4, -0.2) is 44.9 Å². The Bertz CT molecular complexity index is 782. The number of H-pyrrole nitrogens is 1. The summed E-state index contributed by atoms with van der Waals surface area (Å²) in [6.45, 7) is 0. The van der Waals surface area contributed by atoms with Gasteiger partial charge in [-0.3, -0.25) is 0 Å². The molecule has 1 N–H and O–H groups in total. The second kappa shape index (κ2) is 9.07. The predicted octanol–water partition coefficient (Wildman–Crippen LogP) is 2.21. The number of aromatic amines is 1. The van der Waals surface area contributed by atoms with Crippen molar-refractivity contribution < 1.29 is 0 Å². The maximum absolute atomic E-state index is 3.77. The maximum Gasteiger partial charge on any atom is 0.179 e. The fourth-order valence-electron chi connectivity index (χ4n) is 2.17. The number of tetrazole rings is 1. The zero-order valence-corrected chi connectivity index (χ0v) is 17.6. The van der Waals surface area contributed by atoms with Gasteiger partial charge in [-0.1, -0.05) is 30.3 Å². The van der Waals surface area contributed by atoms with Gasteiger partial charge in [-0.25, -0.2) is 5.10 Å². The van der Waals surface area contributed by atoms with Gasteiger partial charge in [-0.15, -0.1) is 5.10 Å². The fourth-order valence-corrected chi connectivity index (χ4v) is 6.89. The van der Waals surface area contributed by atoms with Gasteiger partial charge in [-0.05, 0) is 10.4 Å². The SMILES string of the molecule is c1cc[c]([Tl][c]2ccccc2)cc1.c1ccc(-c2nnn[nH]2)cc1. The molecule has 5 heteroatoms. The van der Waals surface area contributed by atoms with Crippen LogP contribution in [0.3, 0.4) is 0 Å². The Morgan fingerprint density at radius 3 is 1.58 bits per heavy atom. The Morgan fingerprint density at radius 1 is 0.625 bits per heavy atom. The van der Waals surface area contributed by atoms with Crippen molar-refractivity contribution in [1.29, 1.82) is 0 Å². The van der Waals surface area contributed by atoms with Crippen LogP contribution in [0.25, 0.3) is 11.4 Å². The van der Waals surface area contributed by atoms with Crippen LogP contribution in [0.15, 0.2) is 91.0 Å². The molecule has 24 heavy (non-hydrogen) atoms. The summed E-state index contributed by atoms with van der Waals surface area (Å²) in [6, 6.07) is 31.4. The van der Waals surface area contributed by atoms with Gasteiger partial charge in [-0.2, -0.15) is 0 Å². The summed E-state index contributed by atoms with van der Waals surface area (Å²) in [5.41, 5.74) is 0.998. The topological polar surface area (TPSA) is 54.5 Å². The van der Waals surface area contributed by atoms with Crippen molar-refractivity contribution in [2.24, 2.45) is 0 Å². The molecular weight excluding hydrogens is 489 g/mol. The molecule has 4 rings (SSSR count). The minimum absolute atomic E-state index is 0.700. The standard InChI is InChI=1S/C7H6N4.2C6H5.Tl/c1-2-4-6(5-3-1)7-8-10-11-9-7;2*1-2-4-6-5-3-1;/h1-5H,(H,8,9,10,11);2*1-5H;. The number of nitrogens with one attached hydrogen (secondary N) is 1. The number of hydrogen-bond acceptors (Lipinski definition) is 3.